The van der Waals surface area contributed by atoms with Crippen LogP contribution >= 0.6 is 15.9 Å². The lowest BCUT2D eigenvalue weighted by atomic mass is 10.1. The number of carbonyl (C=O) groups is 2. The van der Waals surface area contributed by atoms with Gasteiger partial charge in [0.05, 0.1) is 11.6 Å². The van der Waals surface area contributed by atoms with Crippen LogP contribution in [0.5, 0.6) is 0 Å². The topological polar surface area (TPSA) is 49.4 Å². The molecular weight excluding hydrogens is 387 g/mol. The van der Waals surface area contributed by atoms with Gasteiger partial charge in [-0.05, 0) is 52.2 Å². The Balaban J connectivity index is 1.55. The molecule has 1 atom stereocenters. The maximum Gasteiger partial charge on any atom is 0.229 e. The monoisotopic (exact) mass is 404 g/mol. The molecule has 1 saturated heterocycles. The molecule has 2 aromatic carbocycles. The summed E-state index contributed by atoms with van der Waals surface area (Å²) in [6.07, 6.45) is 0.865. The average molecular weight is 405 g/mol. The summed E-state index contributed by atoms with van der Waals surface area (Å²) in [5.74, 6) is -0.795. The van der Waals surface area contributed by atoms with E-state index in [9.17, 15) is 14.0 Å². The zero-order valence-corrected chi connectivity index (χ0v) is 15.1. The van der Waals surface area contributed by atoms with Crippen molar-refractivity contribution in [3.05, 3.63) is 64.4 Å². The van der Waals surface area contributed by atoms with Gasteiger partial charge in [-0.1, -0.05) is 24.3 Å². The second kappa shape index (κ2) is 7.78. The minimum absolute atomic E-state index is 0.0191. The highest BCUT2D eigenvalue weighted by atomic mass is 79.9. The number of hydrogen-bond donors (Lipinski definition) is 1. The first kappa shape index (κ1) is 17.6. The van der Waals surface area contributed by atoms with Crippen LogP contribution in [-0.2, 0) is 16.0 Å². The molecule has 130 valence electrons. The molecule has 6 heteroatoms. The van der Waals surface area contributed by atoms with E-state index in [0.717, 1.165) is 10.0 Å². The maximum absolute atomic E-state index is 12.9. The summed E-state index contributed by atoms with van der Waals surface area (Å²) in [5, 5.41) is 2.87. The quantitative estimate of drug-likeness (QED) is 0.826. The highest BCUT2D eigenvalue weighted by Crippen LogP contribution is 2.24. The Morgan fingerprint density at radius 1 is 1.20 bits per heavy atom. The van der Waals surface area contributed by atoms with Crippen LogP contribution in [0, 0.1) is 11.7 Å². The number of carbonyl (C=O) groups excluding carboxylic acids is 2. The molecule has 1 unspecified atom stereocenters. The van der Waals surface area contributed by atoms with Gasteiger partial charge in [0.2, 0.25) is 11.8 Å². The fraction of sp³-hybridized carbons (Fsp3) is 0.263. The van der Waals surface area contributed by atoms with Gasteiger partial charge in [0.25, 0.3) is 0 Å². The van der Waals surface area contributed by atoms with Crippen LogP contribution in [-0.4, -0.2) is 29.8 Å². The van der Waals surface area contributed by atoms with E-state index < -0.39 is 0 Å². The van der Waals surface area contributed by atoms with E-state index in [2.05, 4.69) is 21.2 Å². The number of nitrogens with one attached hydrogen (secondary N) is 1. The molecule has 2 aromatic rings. The number of anilines is 1. The molecule has 0 spiro atoms. The smallest absolute Gasteiger partial charge is 0.229 e. The predicted molar refractivity (Wildman–Crippen MR) is 97.6 cm³/mol. The van der Waals surface area contributed by atoms with Crippen molar-refractivity contribution < 1.29 is 14.0 Å². The molecule has 1 aliphatic rings. The standard InChI is InChI=1S/C19H18BrFN2O2/c20-16-3-1-2-4-17(16)22-19(25)14-11-18(24)23(12-14)10-9-13-5-7-15(21)8-6-13/h1-8,14H,9-12H2,(H,22,25). The van der Waals surface area contributed by atoms with Crippen LogP contribution in [0.3, 0.4) is 0 Å². The van der Waals surface area contributed by atoms with Crippen molar-refractivity contribution in [1.82, 2.24) is 4.90 Å². The molecule has 1 aliphatic heterocycles. The van der Waals surface area contributed by atoms with E-state index in [1.54, 1.807) is 17.0 Å². The molecule has 1 fully saturated rings. The summed E-state index contributed by atoms with van der Waals surface area (Å²) in [5.41, 5.74) is 1.67. The highest BCUT2D eigenvalue weighted by Gasteiger charge is 2.34. The van der Waals surface area contributed by atoms with Crippen LogP contribution in [0.25, 0.3) is 0 Å². The average Bonchev–Trinajstić information content (AvgIpc) is 2.97. The molecule has 0 radical (unpaired) electrons. The van der Waals surface area contributed by atoms with Crippen LogP contribution < -0.4 is 5.32 Å². The van der Waals surface area contributed by atoms with Crippen molar-refractivity contribution in [3.63, 3.8) is 0 Å². The van der Waals surface area contributed by atoms with Crippen LogP contribution in [0.4, 0.5) is 10.1 Å². The van der Waals surface area contributed by atoms with Crippen LogP contribution in [0.1, 0.15) is 12.0 Å². The van der Waals surface area contributed by atoms with Gasteiger partial charge in [0, 0.05) is 24.0 Å². The first-order chi connectivity index (χ1) is 12.0. The molecule has 1 heterocycles. The second-order valence-corrected chi connectivity index (χ2v) is 6.94. The lowest BCUT2D eigenvalue weighted by Gasteiger charge is -2.17. The molecule has 2 amide bonds. The molecule has 4 nitrogen and oxygen atoms in total. The van der Waals surface area contributed by atoms with Crippen molar-refractivity contribution in [2.75, 3.05) is 18.4 Å². The SMILES string of the molecule is O=C(Nc1ccccc1Br)C1CC(=O)N(CCc2ccc(F)cc2)C1. The lowest BCUT2D eigenvalue weighted by Crippen LogP contribution is -2.30. The van der Waals surface area contributed by atoms with Gasteiger partial charge in [-0.15, -0.1) is 0 Å². The molecule has 0 bridgehead atoms. The zero-order valence-electron chi connectivity index (χ0n) is 13.5. The van der Waals surface area contributed by atoms with E-state index >= 15 is 0 Å². The Hall–Kier alpha value is -2.21. The van der Waals surface area contributed by atoms with Gasteiger partial charge in [-0.25, -0.2) is 4.39 Å². The number of para-hydroxylation sites is 1. The maximum atomic E-state index is 12.9. The van der Waals surface area contributed by atoms with Gasteiger partial charge in [0.15, 0.2) is 0 Å². The number of nitrogens with zero attached hydrogens (tertiary/aromatic N) is 1. The third kappa shape index (κ3) is 4.45. The largest absolute Gasteiger partial charge is 0.342 e. The Morgan fingerprint density at radius 2 is 1.92 bits per heavy atom. The van der Waals surface area contributed by atoms with E-state index in [1.165, 1.54) is 12.1 Å². The van der Waals surface area contributed by atoms with Crippen molar-refractivity contribution in [2.24, 2.45) is 5.92 Å². The molecule has 25 heavy (non-hydrogen) atoms. The van der Waals surface area contributed by atoms with Gasteiger partial charge >= 0.3 is 0 Å². The molecule has 1 N–H and O–H groups in total. The highest BCUT2D eigenvalue weighted by molar-refractivity contribution is 9.10. The molecule has 0 saturated carbocycles. The minimum Gasteiger partial charge on any atom is -0.342 e. The number of likely N-dealkylation sites (tertiary alicyclic amines) is 1. The van der Waals surface area contributed by atoms with Crippen LogP contribution in [0.2, 0.25) is 0 Å². The van der Waals surface area contributed by atoms with Crippen LogP contribution in [0.15, 0.2) is 53.0 Å². The molecule has 0 aliphatic carbocycles. The number of halogens is 2. The van der Waals surface area contributed by atoms with E-state index in [4.69, 9.17) is 0 Å². The van der Waals surface area contributed by atoms with Crippen molar-refractivity contribution in [3.8, 4) is 0 Å². The van der Waals surface area contributed by atoms with Crippen molar-refractivity contribution in [2.45, 2.75) is 12.8 Å². The van der Waals surface area contributed by atoms with Gasteiger partial charge in [0.1, 0.15) is 5.82 Å². The van der Waals surface area contributed by atoms with Crippen molar-refractivity contribution >= 4 is 33.4 Å². The van der Waals surface area contributed by atoms with Crippen molar-refractivity contribution in [1.29, 1.82) is 0 Å². The van der Waals surface area contributed by atoms with Gasteiger partial charge in [-0.2, -0.15) is 0 Å². The second-order valence-electron chi connectivity index (χ2n) is 6.09. The molecule has 3 rings (SSSR count). The summed E-state index contributed by atoms with van der Waals surface area (Å²) in [6, 6.07) is 13.6. The Bertz CT molecular complexity index is 779. The number of benzene rings is 2. The van der Waals surface area contributed by atoms with E-state index in [1.807, 2.05) is 24.3 Å². The molecule has 0 aromatic heterocycles. The molecular formula is C19H18BrFN2O2. The number of hydrogen-bond acceptors (Lipinski definition) is 2. The third-order valence-corrected chi connectivity index (χ3v) is 4.99. The number of amides is 2. The van der Waals surface area contributed by atoms with Gasteiger partial charge in [-0.3, -0.25) is 9.59 Å². The summed E-state index contributed by atoms with van der Waals surface area (Å²) in [6.45, 7) is 0.944. The third-order valence-electron chi connectivity index (χ3n) is 4.30. The Kier molecular flexibility index (Phi) is 5.48. The summed E-state index contributed by atoms with van der Waals surface area (Å²) in [7, 11) is 0. The summed E-state index contributed by atoms with van der Waals surface area (Å²) >= 11 is 3.39. The fourth-order valence-corrected chi connectivity index (χ4v) is 3.26. The Labute approximate surface area is 154 Å². The van der Waals surface area contributed by atoms with E-state index in [0.29, 0.717) is 25.2 Å². The predicted octanol–water partition coefficient (Wildman–Crippen LogP) is 3.62. The normalized spacial score (nSPS) is 17.0. The fourth-order valence-electron chi connectivity index (χ4n) is 2.88. The minimum atomic E-state index is -0.354. The first-order valence-electron chi connectivity index (χ1n) is 8.10. The lowest BCUT2D eigenvalue weighted by molar-refractivity contribution is -0.128. The number of rotatable bonds is 5. The summed E-state index contributed by atoms with van der Waals surface area (Å²) in [4.78, 5) is 26.3. The summed E-state index contributed by atoms with van der Waals surface area (Å²) < 4.78 is 13.7. The van der Waals surface area contributed by atoms with E-state index in [-0.39, 0.29) is 30.0 Å². The first-order valence-corrected chi connectivity index (χ1v) is 8.90. The van der Waals surface area contributed by atoms with Gasteiger partial charge < -0.3 is 10.2 Å². The Morgan fingerprint density at radius 3 is 2.64 bits per heavy atom. The zero-order chi connectivity index (χ0) is 17.8.